The van der Waals surface area contributed by atoms with E-state index >= 15 is 0 Å². The number of carbonyl (C=O) groups is 1. The SMILES string of the molecule is CCOC(=O)COc1ccc(Oc2ccccc2)cc1. The Balaban J connectivity index is 1.88. The van der Waals surface area contributed by atoms with Gasteiger partial charge in [0.05, 0.1) is 6.61 Å². The van der Waals surface area contributed by atoms with E-state index in [0.717, 1.165) is 5.75 Å². The lowest BCUT2D eigenvalue weighted by atomic mass is 10.3. The normalized spacial score (nSPS) is 9.85. The number of hydrogen-bond acceptors (Lipinski definition) is 4. The minimum Gasteiger partial charge on any atom is -0.482 e. The quantitative estimate of drug-likeness (QED) is 0.756. The summed E-state index contributed by atoms with van der Waals surface area (Å²) in [6.07, 6.45) is 0. The van der Waals surface area contributed by atoms with Crippen LogP contribution in [0.1, 0.15) is 6.92 Å². The number of carbonyl (C=O) groups excluding carboxylic acids is 1. The first kappa shape index (κ1) is 13.9. The summed E-state index contributed by atoms with van der Waals surface area (Å²) in [6.45, 7) is 2.02. The Bertz CT molecular complexity index is 534. The van der Waals surface area contributed by atoms with Crippen LogP contribution in [0.2, 0.25) is 0 Å². The van der Waals surface area contributed by atoms with Gasteiger partial charge in [-0.2, -0.15) is 0 Å². The predicted molar refractivity (Wildman–Crippen MR) is 75.1 cm³/mol. The standard InChI is InChI=1S/C16H16O4/c1-2-18-16(17)12-19-13-8-10-15(11-9-13)20-14-6-4-3-5-7-14/h3-11H,2,12H2,1H3. The highest BCUT2D eigenvalue weighted by Gasteiger charge is 2.03. The van der Waals surface area contributed by atoms with Crippen molar-refractivity contribution in [2.24, 2.45) is 0 Å². The zero-order valence-corrected chi connectivity index (χ0v) is 11.2. The molecule has 0 heterocycles. The van der Waals surface area contributed by atoms with E-state index in [0.29, 0.717) is 18.1 Å². The lowest BCUT2D eigenvalue weighted by Gasteiger charge is -2.08. The first-order chi connectivity index (χ1) is 9.78. The molecule has 2 aromatic rings. The van der Waals surface area contributed by atoms with Crippen LogP contribution >= 0.6 is 0 Å². The number of esters is 1. The third-order valence-electron chi connectivity index (χ3n) is 2.46. The molecule has 2 aromatic carbocycles. The van der Waals surface area contributed by atoms with Gasteiger partial charge in [-0.25, -0.2) is 4.79 Å². The molecule has 0 unspecified atom stereocenters. The second-order valence-corrected chi connectivity index (χ2v) is 3.98. The van der Waals surface area contributed by atoms with Crippen LogP contribution in [0.3, 0.4) is 0 Å². The lowest BCUT2D eigenvalue weighted by molar-refractivity contribution is -0.145. The van der Waals surface area contributed by atoms with Gasteiger partial charge in [0.1, 0.15) is 17.2 Å². The summed E-state index contributed by atoms with van der Waals surface area (Å²) >= 11 is 0. The first-order valence-corrected chi connectivity index (χ1v) is 6.39. The molecule has 0 aromatic heterocycles. The summed E-state index contributed by atoms with van der Waals surface area (Å²) in [6, 6.07) is 16.6. The maximum Gasteiger partial charge on any atom is 0.344 e. The van der Waals surface area contributed by atoms with Crippen LogP contribution in [-0.4, -0.2) is 19.2 Å². The number of hydrogen-bond donors (Lipinski definition) is 0. The molecule has 0 bridgehead atoms. The number of para-hydroxylation sites is 1. The van der Waals surface area contributed by atoms with Crippen molar-refractivity contribution in [3.63, 3.8) is 0 Å². The highest BCUT2D eigenvalue weighted by Crippen LogP contribution is 2.23. The highest BCUT2D eigenvalue weighted by atomic mass is 16.6. The number of rotatable bonds is 6. The monoisotopic (exact) mass is 272 g/mol. The van der Waals surface area contributed by atoms with Crippen molar-refractivity contribution in [1.29, 1.82) is 0 Å². The molecule has 0 aliphatic heterocycles. The maximum atomic E-state index is 11.2. The fraction of sp³-hybridized carbons (Fsp3) is 0.188. The molecule has 104 valence electrons. The van der Waals surface area contributed by atoms with Gasteiger partial charge in [-0.05, 0) is 43.3 Å². The largest absolute Gasteiger partial charge is 0.482 e. The van der Waals surface area contributed by atoms with Crippen LogP contribution in [0.5, 0.6) is 17.2 Å². The number of ether oxygens (including phenoxy) is 3. The Morgan fingerprint density at radius 2 is 1.50 bits per heavy atom. The van der Waals surface area contributed by atoms with Crippen LogP contribution in [-0.2, 0) is 9.53 Å². The Hall–Kier alpha value is -2.49. The molecule has 0 N–H and O–H groups in total. The Labute approximate surface area is 117 Å². The topological polar surface area (TPSA) is 44.8 Å². The average Bonchev–Trinajstić information content (AvgIpc) is 2.48. The predicted octanol–water partition coefficient (Wildman–Crippen LogP) is 3.42. The van der Waals surface area contributed by atoms with Gasteiger partial charge >= 0.3 is 5.97 Å². The van der Waals surface area contributed by atoms with E-state index in [-0.39, 0.29) is 12.6 Å². The van der Waals surface area contributed by atoms with Gasteiger partial charge in [0, 0.05) is 0 Å². The summed E-state index contributed by atoms with van der Waals surface area (Å²) < 4.78 is 15.7. The minimum absolute atomic E-state index is 0.0905. The van der Waals surface area contributed by atoms with Gasteiger partial charge in [0.25, 0.3) is 0 Å². The zero-order chi connectivity index (χ0) is 14.2. The third kappa shape index (κ3) is 4.31. The molecule has 0 aliphatic rings. The van der Waals surface area contributed by atoms with Gasteiger partial charge in [0.2, 0.25) is 0 Å². The molecule has 0 atom stereocenters. The number of benzene rings is 2. The lowest BCUT2D eigenvalue weighted by Crippen LogP contribution is -2.14. The van der Waals surface area contributed by atoms with E-state index in [1.165, 1.54) is 0 Å². The molecule has 0 spiro atoms. The van der Waals surface area contributed by atoms with Crippen molar-refractivity contribution >= 4 is 5.97 Å². The summed E-state index contributed by atoms with van der Waals surface area (Å²) in [5.41, 5.74) is 0. The molecule has 4 heteroatoms. The maximum absolute atomic E-state index is 11.2. The summed E-state index contributed by atoms with van der Waals surface area (Å²) in [7, 11) is 0. The van der Waals surface area contributed by atoms with E-state index in [4.69, 9.17) is 14.2 Å². The molecule has 4 nitrogen and oxygen atoms in total. The third-order valence-corrected chi connectivity index (χ3v) is 2.46. The minimum atomic E-state index is -0.378. The van der Waals surface area contributed by atoms with Crippen LogP contribution < -0.4 is 9.47 Å². The Kier molecular flexibility index (Phi) is 5.00. The van der Waals surface area contributed by atoms with Crippen molar-refractivity contribution < 1.29 is 19.0 Å². The molecular formula is C16H16O4. The van der Waals surface area contributed by atoms with E-state index in [2.05, 4.69) is 0 Å². The van der Waals surface area contributed by atoms with Gasteiger partial charge < -0.3 is 14.2 Å². The van der Waals surface area contributed by atoms with Gasteiger partial charge in [0.15, 0.2) is 6.61 Å². The van der Waals surface area contributed by atoms with E-state index in [1.54, 1.807) is 31.2 Å². The van der Waals surface area contributed by atoms with Crippen molar-refractivity contribution in [2.75, 3.05) is 13.2 Å². The fourth-order valence-corrected chi connectivity index (χ4v) is 1.57. The zero-order valence-electron chi connectivity index (χ0n) is 11.2. The fourth-order valence-electron chi connectivity index (χ4n) is 1.57. The molecule has 0 radical (unpaired) electrons. The van der Waals surface area contributed by atoms with Crippen molar-refractivity contribution in [3.05, 3.63) is 54.6 Å². The van der Waals surface area contributed by atoms with Crippen molar-refractivity contribution in [2.45, 2.75) is 6.92 Å². The van der Waals surface area contributed by atoms with Gasteiger partial charge in [-0.15, -0.1) is 0 Å². The van der Waals surface area contributed by atoms with Crippen molar-refractivity contribution in [1.82, 2.24) is 0 Å². The molecule has 0 saturated heterocycles. The summed E-state index contributed by atoms with van der Waals surface area (Å²) in [5.74, 6) is 1.70. The van der Waals surface area contributed by atoms with Crippen LogP contribution in [0.15, 0.2) is 54.6 Å². The molecule has 2 rings (SSSR count). The van der Waals surface area contributed by atoms with Gasteiger partial charge in [-0.1, -0.05) is 18.2 Å². The highest BCUT2D eigenvalue weighted by molar-refractivity contribution is 5.71. The van der Waals surface area contributed by atoms with E-state index < -0.39 is 0 Å². The second kappa shape index (κ2) is 7.19. The van der Waals surface area contributed by atoms with Gasteiger partial charge in [-0.3, -0.25) is 0 Å². The molecule has 0 amide bonds. The summed E-state index contributed by atoms with van der Waals surface area (Å²) in [4.78, 5) is 11.2. The van der Waals surface area contributed by atoms with E-state index in [9.17, 15) is 4.79 Å². The van der Waals surface area contributed by atoms with Crippen molar-refractivity contribution in [3.8, 4) is 17.2 Å². The molecule has 0 saturated carbocycles. The average molecular weight is 272 g/mol. The van der Waals surface area contributed by atoms with E-state index in [1.807, 2.05) is 30.3 Å². The van der Waals surface area contributed by atoms with Crippen LogP contribution in [0, 0.1) is 0 Å². The molecule has 0 fully saturated rings. The smallest absolute Gasteiger partial charge is 0.344 e. The van der Waals surface area contributed by atoms with Crippen LogP contribution in [0.25, 0.3) is 0 Å². The molecular weight excluding hydrogens is 256 g/mol. The second-order valence-electron chi connectivity index (χ2n) is 3.98. The Morgan fingerprint density at radius 1 is 0.900 bits per heavy atom. The molecule has 0 aliphatic carbocycles. The Morgan fingerprint density at radius 3 is 2.15 bits per heavy atom. The first-order valence-electron chi connectivity index (χ1n) is 6.39. The molecule has 20 heavy (non-hydrogen) atoms. The van der Waals surface area contributed by atoms with Crippen LogP contribution in [0.4, 0.5) is 0 Å². The summed E-state index contributed by atoms with van der Waals surface area (Å²) in [5, 5.41) is 0.